The van der Waals surface area contributed by atoms with Crippen LogP contribution in [0.3, 0.4) is 0 Å². The molecule has 0 N–H and O–H groups in total. The quantitative estimate of drug-likeness (QED) is 0.700. The van der Waals surface area contributed by atoms with Crippen LogP contribution < -0.4 is 0 Å². The van der Waals surface area contributed by atoms with Gasteiger partial charge >= 0.3 is 6.18 Å². The molecule has 1 aliphatic carbocycles. The molecule has 104 valence electrons. The van der Waals surface area contributed by atoms with E-state index in [9.17, 15) is 18.4 Å². The minimum Gasteiger partial charge on any atom is -0.372 e. The summed E-state index contributed by atoms with van der Waals surface area (Å²) in [6.07, 6.45) is 0.723. The molecule has 1 rings (SSSR count). The van der Waals surface area contributed by atoms with Crippen LogP contribution in [0.1, 0.15) is 45.4 Å². The molecule has 5 heteroatoms. The summed E-state index contributed by atoms with van der Waals surface area (Å²) < 4.78 is 40.1. The van der Waals surface area contributed by atoms with Crippen molar-refractivity contribution in [2.75, 3.05) is 13.2 Å². The van der Waals surface area contributed by atoms with Gasteiger partial charge in [-0.3, -0.25) is 0 Å². The second kappa shape index (κ2) is 6.42. The molecule has 0 aromatic rings. The van der Waals surface area contributed by atoms with E-state index in [-0.39, 0.29) is 12.0 Å². The highest BCUT2D eigenvalue weighted by Gasteiger charge is 2.34. The number of hydrogen-bond donors (Lipinski definition) is 0. The van der Waals surface area contributed by atoms with Crippen molar-refractivity contribution in [1.82, 2.24) is 0 Å². The zero-order valence-corrected chi connectivity index (χ0v) is 10.7. The highest BCUT2D eigenvalue weighted by atomic mass is 19.4. The number of halogens is 3. The monoisotopic (exact) mass is 263 g/mol. The molecule has 0 atom stereocenters. The molecule has 0 saturated heterocycles. The summed E-state index contributed by atoms with van der Waals surface area (Å²) >= 11 is 0. The van der Waals surface area contributed by atoms with E-state index in [1.165, 1.54) is 0 Å². The van der Waals surface area contributed by atoms with Crippen LogP contribution in [0.4, 0.5) is 13.2 Å². The van der Waals surface area contributed by atoms with Gasteiger partial charge in [-0.25, -0.2) is 0 Å². The molecule has 0 radical (unpaired) electrons. The SMILES string of the molecule is CC1CCC(C#N)(CCCOCC(F)(F)F)CC1. The maximum absolute atomic E-state index is 11.8. The topological polar surface area (TPSA) is 33.0 Å². The number of nitriles is 1. The van der Waals surface area contributed by atoms with Crippen molar-refractivity contribution in [2.45, 2.75) is 51.6 Å². The van der Waals surface area contributed by atoms with E-state index in [4.69, 9.17) is 0 Å². The van der Waals surface area contributed by atoms with Gasteiger partial charge in [0.25, 0.3) is 0 Å². The number of nitrogens with zero attached hydrogens (tertiary/aromatic N) is 1. The average molecular weight is 263 g/mol. The average Bonchev–Trinajstić information content (AvgIpc) is 2.30. The third-order valence-electron chi connectivity index (χ3n) is 3.68. The van der Waals surface area contributed by atoms with Crippen LogP contribution in [0.25, 0.3) is 0 Å². The highest BCUT2D eigenvalue weighted by molar-refractivity contribution is 5.01. The molecule has 1 aliphatic rings. The van der Waals surface area contributed by atoms with Crippen molar-refractivity contribution in [2.24, 2.45) is 11.3 Å². The van der Waals surface area contributed by atoms with Crippen LogP contribution in [0.15, 0.2) is 0 Å². The summed E-state index contributed by atoms with van der Waals surface area (Å²) in [6, 6.07) is 2.37. The molecule has 18 heavy (non-hydrogen) atoms. The summed E-state index contributed by atoms with van der Waals surface area (Å²) in [4.78, 5) is 0. The van der Waals surface area contributed by atoms with E-state index in [1.54, 1.807) is 0 Å². The summed E-state index contributed by atoms with van der Waals surface area (Å²) in [5.41, 5.74) is -0.325. The first kappa shape index (κ1) is 15.3. The third-order valence-corrected chi connectivity index (χ3v) is 3.68. The van der Waals surface area contributed by atoms with Gasteiger partial charge in [-0.15, -0.1) is 0 Å². The smallest absolute Gasteiger partial charge is 0.372 e. The lowest BCUT2D eigenvalue weighted by Gasteiger charge is -2.33. The number of alkyl halides is 3. The summed E-state index contributed by atoms with van der Waals surface area (Å²) in [5, 5.41) is 9.24. The zero-order chi connectivity index (χ0) is 13.6. The van der Waals surface area contributed by atoms with Gasteiger partial charge in [0.15, 0.2) is 0 Å². The van der Waals surface area contributed by atoms with Crippen LogP contribution in [0.2, 0.25) is 0 Å². The number of rotatable bonds is 5. The van der Waals surface area contributed by atoms with Crippen molar-refractivity contribution in [3.05, 3.63) is 0 Å². The molecule has 2 nitrogen and oxygen atoms in total. The lowest BCUT2D eigenvalue weighted by atomic mass is 9.69. The van der Waals surface area contributed by atoms with Gasteiger partial charge in [-0.1, -0.05) is 6.92 Å². The van der Waals surface area contributed by atoms with Crippen LogP contribution in [0, 0.1) is 22.7 Å². The molecule has 0 heterocycles. The zero-order valence-electron chi connectivity index (χ0n) is 10.7. The first-order chi connectivity index (χ1) is 8.37. The van der Waals surface area contributed by atoms with E-state index >= 15 is 0 Å². The second-order valence-corrected chi connectivity index (χ2v) is 5.35. The van der Waals surface area contributed by atoms with Gasteiger partial charge in [-0.2, -0.15) is 18.4 Å². The molecular formula is C13H20F3NO. The van der Waals surface area contributed by atoms with Crippen LogP contribution >= 0.6 is 0 Å². The Labute approximate surface area is 106 Å². The third kappa shape index (κ3) is 5.26. The summed E-state index contributed by atoms with van der Waals surface area (Å²) in [7, 11) is 0. The van der Waals surface area contributed by atoms with Crippen molar-refractivity contribution in [1.29, 1.82) is 5.26 Å². The Bertz CT molecular complexity index is 288. The van der Waals surface area contributed by atoms with Crippen molar-refractivity contribution < 1.29 is 17.9 Å². The Balaban J connectivity index is 2.23. The molecule has 1 saturated carbocycles. The minimum atomic E-state index is -4.26. The van der Waals surface area contributed by atoms with Gasteiger partial charge in [0.1, 0.15) is 6.61 Å². The van der Waals surface area contributed by atoms with Crippen molar-refractivity contribution in [3.63, 3.8) is 0 Å². The molecule has 0 amide bonds. The first-order valence-electron chi connectivity index (χ1n) is 6.43. The van der Waals surface area contributed by atoms with Gasteiger partial charge in [0.2, 0.25) is 0 Å². The summed E-state index contributed by atoms with van der Waals surface area (Å²) in [6.45, 7) is 1.07. The maximum Gasteiger partial charge on any atom is 0.411 e. The largest absolute Gasteiger partial charge is 0.411 e. The Hall–Kier alpha value is -0.760. The fraction of sp³-hybridized carbons (Fsp3) is 0.923. The molecular weight excluding hydrogens is 243 g/mol. The van der Waals surface area contributed by atoms with Gasteiger partial charge in [-0.05, 0) is 44.4 Å². The number of hydrogen-bond acceptors (Lipinski definition) is 2. The molecule has 0 aromatic carbocycles. The van der Waals surface area contributed by atoms with E-state index in [0.29, 0.717) is 18.8 Å². The maximum atomic E-state index is 11.8. The Morgan fingerprint density at radius 1 is 1.33 bits per heavy atom. The van der Waals surface area contributed by atoms with Crippen molar-refractivity contribution in [3.8, 4) is 6.07 Å². The molecule has 0 unspecified atom stereocenters. The predicted octanol–water partition coefficient (Wildman–Crippen LogP) is 4.07. The highest BCUT2D eigenvalue weighted by Crippen LogP contribution is 2.41. The van der Waals surface area contributed by atoms with E-state index in [2.05, 4.69) is 17.7 Å². The predicted molar refractivity (Wildman–Crippen MR) is 61.8 cm³/mol. The van der Waals surface area contributed by atoms with Crippen LogP contribution in [-0.2, 0) is 4.74 Å². The Kier molecular flexibility index (Phi) is 5.46. The molecule has 0 bridgehead atoms. The fourth-order valence-corrected chi connectivity index (χ4v) is 2.43. The number of ether oxygens (including phenoxy) is 1. The van der Waals surface area contributed by atoms with Crippen molar-refractivity contribution >= 4 is 0 Å². The van der Waals surface area contributed by atoms with Crippen LogP contribution in [0.5, 0.6) is 0 Å². The Morgan fingerprint density at radius 2 is 1.94 bits per heavy atom. The molecule has 0 aliphatic heterocycles. The Morgan fingerprint density at radius 3 is 2.44 bits per heavy atom. The first-order valence-corrected chi connectivity index (χ1v) is 6.43. The lowest BCUT2D eigenvalue weighted by Crippen LogP contribution is -2.26. The molecule has 1 fully saturated rings. The van der Waals surface area contributed by atoms with Gasteiger partial charge in [0.05, 0.1) is 11.5 Å². The molecule has 0 aromatic heterocycles. The lowest BCUT2D eigenvalue weighted by molar-refractivity contribution is -0.174. The van der Waals surface area contributed by atoms with Gasteiger partial charge < -0.3 is 4.74 Å². The van der Waals surface area contributed by atoms with E-state index in [0.717, 1.165) is 25.7 Å². The summed E-state index contributed by atoms with van der Waals surface area (Å²) in [5.74, 6) is 0.660. The van der Waals surface area contributed by atoms with E-state index in [1.807, 2.05) is 0 Å². The standard InChI is InChI=1S/C13H20F3NO/c1-11-3-6-12(9-17,7-4-11)5-2-8-18-10-13(14,15)16/h11H,2-8,10H2,1H3. The second-order valence-electron chi connectivity index (χ2n) is 5.35. The fourth-order valence-electron chi connectivity index (χ4n) is 2.43. The minimum absolute atomic E-state index is 0.0818. The van der Waals surface area contributed by atoms with Crippen LogP contribution in [-0.4, -0.2) is 19.4 Å². The van der Waals surface area contributed by atoms with E-state index < -0.39 is 12.8 Å². The normalized spacial score (nSPS) is 28.9. The molecule has 0 spiro atoms. The van der Waals surface area contributed by atoms with Gasteiger partial charge in [0, 0.05) is 6.61 Å².